The minimum atomic E-state index is -1.82. The van der Waals surface area contributed by atoms with Gasteiger partial charge in [0, 0.05) is 11.8 Å². The summed E-state index contributed by atoms with van der Waals surface area (Å²) in [5.41, 5.74) is -1.36. The Hall–Kier alpha value is -2.51. The third-order valence-electron chi connectivity index (χ3n) is 5.74. The fourth-order valence-corrected chi connectivity index (χ4v) is 3.83. The van der Waals surface area contributed by atoms with E-state index in [0.717, 1.165) is 12.1 Å². The summed E-state index contributed by atoms with van der Waals surface area (Å²) in [7, 11) is 0. The second-order valence-corrected chi connectivity index (χ2v) is 8.00. The lowest BCUT2D eigenvalue weighted by atomic mass is 9.96. The van der Waals surface area contributed by atoms with E-state index in [-0.39, 0.29) is 5.69 Å². The molecule has 0 spiro atoms. The molecule has 0 bridgehead atoms. The highest BCUT2D eigenvalue weighted by Gasteiger charge is 2.50. The summed E-state index contributed by atoms with van der Waals surface area (Å²) in [4.78, 5) is 21.5. The van der Waals surface area contributed by atoms with Crippen LogP contribution < -0.4 is 5.32 Å². The number of ether oxygens (including phenoxy) is 3. The number of aliphatic hydroxyl groups is 7. The van der Waals surface area contributed by atoms with Gasteiger partial charge in [-0.2, -0.15) is 0 Å². The molecule has 16 nitrogen and oxygen atoms in total. The van der Waals surface area contributed by atoms with Crippen LogP contribution in [0.3, 0.4) is 0 Å². The highest BCUT2D eigenvalue weighted by atomic mass is 16.7. The summed E-state index contributed by atoms with van der Waals surface area (Å²) >= 11 is 0. The third kappa shape index (κ3) is 5.51. The number of carboxylic acids is 1. The first kappa shape index (κ1) is 27.1. The number of rotatable bonds is 8. The first-order valence-electron chi connectivity index (χ1n) is 10.4. The maximum atomic E-state index is 11.2. The number of aliphatic hydroxyl groups excluding tert-OH is 7. The van der Waals surface area contributed by atoms with Gasteiger partial charge < -0.3 is 60.4 Å². The van der Waals surface area contributed by atoms with Gasteiger partial charge in [-0.1, -0.05) is 0 Å². The van der Waals surface area contributed by atoms with Crippen molar-refractivity contribution < 1.29 is 64.8 Å². The van der Waals surface area contributed by atoms with Crippen LogP contribution in [-0.4, -0.2) is 126 Å². The van der Waals surface area contributed by atoms with E-state index in [2.05, 4.69) is 5.32 Å². The van der Waals surface area contributed by atoms with Crippen LogP contribution in [0.2, 0.25) is 0 Å². The van der Waals surface area contributed by atoms with Gasteiger partial charge in [0.05, 0.1) is 18.1 Å². The molecule has 1 aromatic rings. The van der Waals surface area contributed by atoms with Crippen LogP contribution in [0.25, 0.3) is 0 Å². The highest BCUT2D eigenvalue weighted by molar-refractivity contribution is 5.93. The van der Waals surface area contributed by atoms with Gasteiger partial charge in [0.1, 0.15) is 54.4 Å². The van der Waals surface area contributed by atoms with E-state index in [1.54, 1.807) is 0 Å². The molecule has 0 radical (unpaired) electrons. The lowest BCUT2D eigenvalue weighted by Crippen LogP contribution is -2.65. The van der Waals surface area contributed by atoms with Gasteiger partial charge in [-0.05, 0) is 12.1 Å². The number of aromatic carboxylic acids is 1. The van der Waals surface area contributed by atoms with Crippen molar-refractivity contribution in [1.29, 1.82) is 0 Å². The van der Waals surface area contributed by atoms with Gasteiger partial charge in [-0.3, -0.25) is 10.1 Å². The Balaban J connectivity index is 1.76. The van der Waals surface area contributed by atoms with Crippen molar-refractivity contribution in [3.8, 4) is 0 Å². The number of benzene rings is 1. The molecule has 9 N–H and O–H groups in total. The number of nitrogens with zero attached hydrogens (tertiary/aromatic N) is 1. The Morgan fingerprint density at radius 2 is 1.63 bits per heavy atom. The minimum Gasteiger partial charge on any atom is -0.477 e. The quantitative estimate of drug-likeness (QED) is 0.121. The van der Waals surface area contributed by atoms with Crippen molar-refractivity contribution >= 4 is 17.3 Å². The second-order valence-electron chi connectivity index (χ2n) is 8.00. The molecule has 196 valence electrons. The number of nitrogens with one attached hydrogen (secondary N) is 1. The molecule has 3 rings (SSSR count). The van der Waals surface area contributed by atoms with Crippen LogP contribution in [0.4, 0.5) is 11.4 Å². The number of nitro benzene ring substituents is 1. The van der Waals surface area contributed by atoms with Gasteiger partial charge in [0.25, 0.3) is 5.69 Å². The van der Waals surface area contributed by atoms with Gasteiger partial charge in [-0.15, -0.1) is 0 Å². The van der Waals surface area contributed by atoms with E-state index in [1.807, 2.05) is 0 Å². The zero-order valence-corrected chi connectivity index (χ0v) is 17.9. The van der Waals surface area contributed by atoms with E-state index in [9.17, 15) is 50.7 Å². The summed E-state index contributed by atoms with van der Waals surface area (Å²) in [5.74, 6) is -1.53. The normalized spacial score (nSPS) is 37.6. The van der Waals surface area contributed by atoms with Crippen LogP contribution in [0, 0.1) is 10.1 Å². The van der Waals surface area contributed by atoms with Gasteiger partial charge >= 0.3 is 5.97 Å². The van der Waals surface area contributed by atoms with Gasteiger partial charge in [0.15, 0.2) is 12.5 Å². The van der Waals surface area contributed by atoms with Crippen molar-refractivity contribution in [2.75, 3.05) is 18.5 Å². The molecular formula is C19H26N2O14. The van der Waals surface area contributed by atoms with Crippen molar-refractivity contribution in [1.82, 2.24) is 0 Å². The Morgan fingerprint density at radius 1 is 0.971 bits per heavy atom. The maximum absolute atomic E-state index is 11.2. The van der Waals surface area contributed by atoms with E-state index in [0.29, 0.717) is 0 Å². The van der Waals surface area contributed by atoms with E-state index in [4.69, 9.17) is 19.3 Å². The monoisotopic (exact) mass is 506 g/mol. The first-order valence-corrected chi connectivity index (χ1v) is 10.4. The van der Waals surface area contributed by atoms with Crippen molar-refractivity contribution in [3.63, 3.8) is 0 Å². The zero-order chi connectivity index (χ0) is 26.0. The Labute approximate surface area is 196 Å². The Bertz CT molecular complexity index is 914. The summed E-state index contributed by atoms with van der Waals surface area (Å²) in [6.07, 6.45) is -16.2. The predicted molar refractivity (Wildman–Crippen MR) is 110 cm³/mol. The molecule has 2 saturated heterocycles. The van der Waals surface area contributed by atoms with Crippen LogP contribution in [0.5, 0.6) is 0 Å². The smallest absolute Gasteiger partial charge is 0.342 e. The standard InChI is InChI=1S/C19H26N2O14/c22-4-9-11(24)12(25)15(28)19(34-9)35-16-10(5-23)33-17(14(27)13(16)26)20-6-1-2-7(18(29)30)8(3-6)21(31)32/h1-3,9-17,19-20,22-28H,4-5H2,(H,29,30)/t9-,10-,11+,12+,13-,14-,15+,16+,17-,19+/m0/s1. The maximum Gasteiger partial charge on any atom is 0.342 e. The van der Waals surface area contributed by atoms with Crippen LogP contribution >= 0.6 is 0 Å². The lowest BCUT2D eigenvalue weighted by Gasteiger charge is -2.46. The average molecular weight is 506 g/mol. The number of hydrogen-bond acceptors (Lipinski definition) is 14. The SMILES string of the molecule is O=C(O)c1ccc(N[C@H]2O[C@@H](CO)[C@@H](O[C@H]3O[C@@H](CO)[C@@H](O)[C@@H](O)[C@H]3O)[C@@H](O)[C@@H]2O)cc1[N+](=O)[O-]. The molecule has 0 saturated carbocycles. The highest BCUT2D eigenvalue weighted by Crippen LogP contribution is 2.31. The summed E-state index contributed by atoms with van der Waals surface area (Å²) < 4.78 is 16.2. The third-order valence-corrected chi connectivity index (χ3v) is 5.74. The summed E-state index contributed by atoms with van der Waals surface area (Å²) in [6.45, 7) is -1.51. The van der Waals surface area contributed by atoms with Crippen molar-refractivity contribution in [2.24, 2.45) is 0 Å². The first-order chi connectivity index (χ1) is 16.5. The molecule has 35 heavy (non-hydrogen) atoms. The molecule has 0 aromatic heterocycles. The van der Waals surface area contributed by atoms with Gasteiger partial charge in [-0.25, -0.2) is 4.79 Å². The average Bonchev–Trinajstić information content (AvgIpc) is 2.83. The van der Waals surface area contributed by atoms with Crippen LogP contribution in [-0.2, 0) is 14.2 Å². The van der Waals surface area contributed by atoms with E-state index in [1.165, 1.54) is 6.07 Å². The number of carbonyl (C=O) groups is 1. The second kappa shape index (κ2) is 11.0. The molecule has 2 aliphatic heterocycles. The number of anilines is 1. The zero-order valence-electron chi connectivity index (χ0n) is 17.9. The van der Waals surface area contributed by atoms with Crippen LogP contribution in [0.1, 0.15) is 10.4 Å². The molecular weight excluding hydrogens is 480 g/mol. The molecule has 1 aromatic carbocycles. The van der Waals surface area contributed by atoms with E-state index < -0.39 is 96.7 Å². The molecule has 2 fully saturated rings. The largest absolute Gasteiger partial charge is 0.477 e. The Kier molecular flexibility index (Phi) is 8.54. The Morgan fingerprint density at radius 3 is 2.20 bits per heavy atom. The lowest BCUT2D eigenvalue weighted by molar-refractivity contribution is -0.385. The molecule has 0 unspecified atom stereocenters. The molecule has 2 aliphatic rings. The number of nitro groups is 1. The fraction of sp³-hybridized carbons (Fsp3) is 0.632. The number of carboxylic acid groups (broad SMARTS) is 1. The van der Waals surface area contributed by atoms with Gasteiger partial charge in [0.2, 0.25) is 0 Å². The topological polar surface area (TPSA) is 262 Å². The molecule has 0 amide bonds. The summed E-state index contributed by atoms with van der Waals surface area (Å²) in [6, 6.07) is 3.02. The molecule has 10 atom stereocenters. The minimum absolute atomic E-state index is 0.0389. The van der Waals surface area contributed by atoms with E-state index >= 15 is 0 Å². The van der Waals surface area contributed by atoms with Crippen molar-refractivity contribution in [2.45, 2.75) is 61.3 Å². The van der Waals surface area contributed by atoms with Crippen molar-refractivity contribution in [3.05, 3.63) is 33.9 Å². The number of hydrogen-bond donors (Lipinski definition) is 9. The fourth-order valence-electron chi connectivity index (χ4n) is 3.83. The summed E-state index contributed by atoms with van der Waals surface area (Å²) in [5, 5.41) is 92.9. The molecule has 0 aliphatic carbocycles. The predicted octanol–water partition coefficient (Wildman–Crippen LogP) is -3.67. The van der Waals surface area contributed by atoms with Crippen LogP contribution in [0.15, 0.2) is 18.2 Å². The molecule has 16 heteroatoms. The molecule has 2 heterocycles.